The van der Waals surface area contributed by atoms with Gasteiger partial charge in [-0.3, -0.25) is 0 Å². The number of hydrogen-bond acceptors (Lipinski definition) is 4. The highest BCUT2D eigenvalue weighted by Gasteiger charge is 2.30. The van der Waals surface area contributed by atoms with Gasteiger partial charge in [-0.15, -0.1) is 0 Å². The Hall–Kier alpha value is -1.76. The quantitative estimate of drug-likeness (QED) is 0.631. The minimum atomic E-state index is -1.02. The Balaban J connectivity index is 2.31. The maximum atomic E-state index is 11.6. The largest absolute Gasteiger partial charge is 0.465 e. The van der Waals surface area contributed by atoms with Crippen molar-refractivity contribution >= 4 is 35.3 Å². The zero-order valence-electron chi connectivity index (χ0n) is 13.7. The summed E-state index contributed by atoms with van der Waals surface area (Å²) in [5.41, 5.74) is 0.779. The molecule has 0 bridgehead atoms. The first-order valence-corrected chi connectivity index (χ1v) is 8.57. The average molecular weight is 388 g/mol. The van der Waals surface area contributed by atoms with E-state index in [2.05, 4.69) is 0 Å². The molecular weight excluding hydrogens is 369 g/mol. The van der Waals surface area contributed by atoms with Crippen LogP contribution in [0.4, 0.5) is 4.79 Å². The molecule has 1 amide bonds. The number of carbonyl (C=O) groups is 2. The highest BCUT2D eigenvalue weighted by Crippen LogP contribution is 2.31. The zero-order chi connectivity index (χ0) is 18.4. The van der Waals surface area contributed by atoms with Gasteiger partial charge in [0, 0.05) is 25.1 Å². The molecule has 8 heteroatoms. The first-order chi connectivity index (χ1) is 11.9. The Bertz CT molecular complexity index is 664. The van der Waals surface area contributed by atoms with Crippen LogP contribution in [-0.2, 0) is 14.3 Å². The molecule has 1 N–H and O–H groups in total. The van der Waals surface area contributed by atoms with E-state index in [4.69, 9.17) is 32.7 Å². The summed E-state index contributed by atoms with van der Waals surface area (Å²) in [6, 6.07) is 5.12. The van der Waals surface area contributed by atoms with E-state index in [9.17, 15) is 14.7 Å². The van der Waals surface area contributed by atoms with Crippen molar-refractivity contribution in [2.24, 2.45) is 0 Å². The molecule has 6 nitrogen and oxygen atoms in total. The van der Waals surface area contributed by atoms with Gasteiger partial charge >= 0.3 is 12.1 Å². The molecule has 1 aromatic rings. The van der Waals surface area contributed by atoms with Crippen molar-refractivity contribution in [2.75, 3.05) is 26.3 Å². The number of esters is 1. The van der Waals surface area contributed by atoms with E-state index in [0.29, 0.717) is 10.0 Å². The van der Waals surface area contributed by atoms with E-state index >= 15 is 0 Å². The van der Waals surface area contributed by atoms with Crippen LogP contribution in [0.25, 0.3) is 0 Å². The monoisotopic (exact) mass is 387 g/mol. The molecule has 1 aliphatic rings. The molecule has 0 spiro atoms. The number of amides is 1. The summed E-state index contributed by atoms with van der Waals surface area (Å²) in [7, 11) is 0. The van der Waals surface area contributed by atoms with Crippen molar-refractivity contribution in [2.45, 2.75) is 18.9 Å². The van der Waals surface area contributed by atoms with E-state index < -0.39 is 18.2 Å². The van der Waals surface area contributed by atoms with Gasteiger partial charge in [0.2, 0.25) is 0 Å². The smallest absolute Gasteiger partial charge is 0.407 e. The summed E-state index contributed by atoms with van der Waals surface area (Å²) in [6.45, 7) is 2.68. The van der Waals surface area contributed by atoms with Gasteiger partial charge in [-0.05, 0) is 30.7 Å². The molecule has 25 heavy (non-hydrogen) atoms. The first-order valence-electron chi connectivity index (χ1n) is 7.81. The van der Waals surface area contributed by atoms with Gasteiger partial charge in [0.15, 0.2) is 0 Å². The topological polar surface area (TPSA) is 76.1 Å². The summed E-state index contributed by atoms with van der Waals surface area (Å²) in [4.78, 5) is 24.3. The second-order valence-electron chi connectivity index (χ2n) is 5.46. The predicted molar refractivity (Wildman–Crippen MR) is 94.3 cm³/mol. The van der Waals surface area contributed by atoms with E-state index in [1.54, 1.807) is 31.2 Å². The number of rotatable bonds is 4. The van der Waals surface area contributed by atoms with Gasteiger partial charge in [0.25, 0.3) is 0 Å². The fourth-order valence-corrected chi connectivity index (χ4v) is 2.92. The number of halogens is 2. The van der Waals surface area contributed by atoms with Crippen LogP contribution >= 0.6 is 23.2 Å². The number of ether oxygens (including phenoxy) is 2. The van der Waals surface area contributed by atoms with Crippen LogP contribution in [-0.4, -0.2) is 54.5 Å². The van der Waals surface area contributed by atoms with Crippen molar-refractivity contribution in [1.82, 2.24) is 4.90 Å². The molecule has 2 rings (SSSR count). The Morgan fingerprint density at radius 2 is 2.16 bits per heavy atom. The second-order valence-corrected chi connectivity index (χ2v) is 6.27. The Kier molecular flexibility index (Phi) is 7.11. The number of benzene rings is 1. The number of carboxylic acid groups (broad SMARTS) is 1. The maximum Gasteiger partial charge on any atom is 0.407 e. The van der Waals surface area contributed by atoms with Crippen molar-refractivity contribution in [3.05, 3.63) is 46.0 Å². The highest BCUT2D eigenvalue weighted by molar-refractivity contribution is 6.42. The fourth-order valence-electron chi connectivity index (χ4n) is 2.61. The molecule has 136 valence electrons. The molecule has 0 unspecified atom stereocenters. The van der Waals surface area contributed by atoms with E-state index in [1.165, 1.54) is 11.0 Å². The molecule has 1 aromatic carbocycles. The van der Waals surface area contributed by atoms with Crippen LogP contribution in [0.3, 0.4) is 0 Å². The average Bonchev–Trinajstić information content (AvgIpc) is 2.78. The van der Waals surface area contributed by atoms with Crippen molar-refractivity contribution in [1.29, 1.82) is 0 Å². The van der Waals surface area contributed by atoms with Gasteiger partial charge in [0.05, 0.1) is 29.4 Å². The summed E-state index contributed by atoms with van der Waals surface area (Å²) >= 11 is 12.1. The van der Waals surface area contributed by atoms with Crippen LogP contribution < -0.4 is 0 Å². The second kappa shape index (κ2) is 9.08. The van der Waals surface area contributed by atoms with Crippen LogP contribution in [0.15, 0.2) is 30.4 Å². The fraction of sp³-hybridized carbons (Fsp3) is 0.412. The molecule has 0 saturated carbocycles. The lowest BCUT2D eigenvalue weighted by Crippen LogP contribution is -2.35. The molecule has 1 aliphatic heterocycles. The third-order valence-electron chi connectivity index (χ3n) is 3.84. The predicted octanol–water partition coefficient (Wildman–Crippen LogP) is 3.58. The van der Waals surface area contributed by atoms with Crippen LogP contribution in [0.5, 0.6) is 0 Å². The normalized spacial score (nSPS) is 21.2. The highest BCUT2D eigenvalue weighted by atomic mass is 35.5. The zero-order valence-corrected chi connectivity index (χ0v) is 15.2. The van der Waals surface area contributed by atoms with E-state index in [-0.39, 0.29) is 32.2 Å². The third-order valence-corrected chi connectivity index (χ3v) is 4.58. The first kappa shape index (κ1) is 19.6. The van der Waals surface area contributed by atoms with Gasteiger partial charge in [-0.1, -0.05) is 29.3 Å². The molecule has 2 atom stereocenters. The third kappa shape index (κ3) is 5.36. The Labute approximate surface area is 155 Å². The van der Waals surface area contributed by atoms with E-state index in [0.717, 1.165) is 5.56 Å². The summed E-state index contributed by atoms with van der Waals surface area (Å²) in [6.07, 6.45) is 1.38. The number of hydrogen-bond donors (Lipinski definition) is 1. The van der Waals surface area contributed by atoms with E-state index in [1.807, 2.05) is 0 Å². The van der Waals surface area contributed by atoms with Crippen molar-refractivity contribution in [3.63, 3.8) is 0 Å². The summed E-state index contributed by atoms with van der Waals surface area (Å²) in [5, 5.41) is 10.1. The van der Waals surface area contributed by atoms with Crippen molar-refractivity contribution in [3.8, 4) is 0 Å². The standard InChI is InChI=1S/C17H19Cl2NO5/c1-2-24-16(21)6-5-15-12(10-20(17(22)23)7-8-25-15)11-3-4-13(18)14(19)9-11/h3-6,9,12,15H,2,7-8,10H2,1H3,(H,22,23)/b6-5+/t12-,15+/m1/s1. The molecule has 1 fully saturated rings. The van der Waals surface area contributed by atoms with Crippen LogP contribution in [0.2, 0.25) is 10.0 Å². The summed E-state index contributed by atoms with van der Waals surface area (Å²) in [5.74, 6) is -0.808. The van der Waals surface area contributed by atoms with Gasteiger partial charge in [-0.2, -0.15) is 0 Å². The van der Waals surface area contributed by atoms with Crippen LogP contribution in [0, 0.1) is 0 Å². The minimum Gasteiger partial charge on any atom is -0.465 e. The molecule has 1 heterocycles. The van der Waals surface area contributed by atoms with Crippen LogP contribution in [0.1, 0.15) is 18.4 Å². The SMILES string of the molecule is CCOC(=O)/C=C/[C@@H]1OCCN(C(=O)O)C[C@@H]1c1ccc(Cl)c(Cl)c1. The Morgan fingerprint density at radius 1 is 1.40 bits per heavy atom. The summed E-state index contributed by atoms with van der Waals surface area (Å²) < 4.78 is 10.6. The molecular formula is C17H19Cl2NO5. The van der Waals surface area contributed by atoms with Crippen molar-refractivity contribution < 1.29 is 24.2 Å². The maximum absolute atomic E-state index is 11.6. The molecule has 1 saturated heterocycles. The van der Waals surface area contributed by atoms with Gasteiger partial charge in [0.1, 0.15) is 0 Å². The van der Waals surface area contributed by atoms with Gasteiger partial charge in [-0.25, -0.2) is 9.59 Å². The number of carbonyl (C=O) groups excluding carboxylic acids is 1. The lowest BCUT2D eigenvalue weighted by molar-refractivity contribution is -0.137. The molecule has 0 aliphatic carbocycles. The lowest BCUT2D eigenvalue weighted by Gasteiger charge is -2.25. The number of nitrogens with zero attached hydrogens (tertiary/aromatic N) is 1. The lowest BCUT2D eigenvalue weighted by atomic mass is 9.92. The Morgan fingerprint density at radius 3 is 2.80 bits per heavy atom. The molecule has 0 radical (unpaired) electrons. The van der Waals surface area contributed by atoms with Gasteiger partial charge < -0.3 is 19.5 Å². The molecule has 0 aromatic heterocycles. The minimum absolute atomic E-state index is 0.213.